The standard InChI is InChI=1S/C19H27NO4/c1-14(2)20-11-18(24-19(20)21)13-23-17-7-5-15(6-8-17)9-10-22-12-16-3-4-16/h5-8,14,16,18H,3-4,9-13H2,1-2H3. The molecule has 0 spiro atoms. The van der Waals surface area contributed by atoms with Gasteiger partial charge < -0.3 is 19.1 Å². The Bertz CT molecular complexity index is 539. The highest BCUT2D eigenvalue weighted by molar-refractivity contribution is 5.70. The van der Waals surface area contributed by atoms with Crippen molar-refractivity contribution in [2.24, 2.45) is 5.92 Å². The van der Waals surface area contributed by atoms with E-state index in [1.54, 1.807) is 4.90 Å². The fourth-order valence-electron chi connectivity index (χ4n) is 2.72. The van der Waals surface area contributed by atoms with Gasteiger partial charge in [0.05, 0.1) is 13.2 Å². The molecule has 2 aliphatic rings. The maximum absolute atomic E-state index is 11.7. The summed E-state index contributed by atoms with van der Waals surface area (Å²) < 4.78 is 16.7. The maximum Gasteiger partial charge on any atom is 0.410 e. The number of ether oxygens (including phenoxy) is 3. The number of hydrogen-bond acceptors (Lipinski definition) is 4. The quantitative estimate of drug-likeness (QED) is 0.651. The lowest BCUT2D eigenvalue weighted by molar-refractivity contribution is 0.102. The van der Waals surface area contributed by atoms with Crippen LogP contribution >= 0.6 is 0 Å². The van der Waals surface area contributed by atoms with Crippen LogP contribution in [0.2, 0.25) is 0 Å². The van der Waals surface area contributed by atoms with Crippen molar-refractivity contribution in [1.29, 1.82) is 0 Å². The first kappa shape index (κ1) is 17.1. The summed E-state index contributed by atoms with van der Waals surface area (Å²) in [6, 6.07) is 8.22. The van der Waals surface area contributed by atoms with Crippen LogP contribution in [0.4, 0.5) is 4.79 Å². The van der Waals surface area contributed by atoms with Gasteiger partial charge in [0, 0.05) is 12.6 Å². The molecule has 0 bridgehead atoms. The number of carbonyl (C=O) groups is 1. The smallest absolute Gasteiger partial charge is 0.410 e. The van der Waals surface area contributed by atoms with Gasteiger partial charge in [0.2, 0.25) is 0 Å². The first-order valence-corrected chi connectivity index (χ1v) is 8.88. The van der Waals surface area contributed by atoms with E-state index in [2.05, 4.69) is 12.1 Å². The molecule has 5 heteroatoms. The van der Waals surface area contributed by atoms with Crippen molar-refractivity contribution in [3.63, 3.8) is 0 Å². The number of cyclic esters (lactones) is 1. The van der Waals surface area contributed by atoms with E-state index in [0.29, 0.717) is 13.2 Å². The van der Waals surface area contributed by atoms with Gasteiger partial charge in [0.1, 0.15) is 12.4 Å². The van der Waals surface area contributed by atoms with Gasteiger partial charge in [-0.3, -0.25) is 0 Å². The van der Waals surface area contributed by atoms with Gasteiger partial charge in [0.15, 0.2) is 6.10 Å². The number of benzene rings is 1. The van der Waals surface area contributed by atoms with E-state index in [4.69, 9.17) is 14.2 Å². The van der Waals surface area contributed by atoms with Crippen LogP contribution < -0.4 is 4.74 Å². The van der Waals surface area contributed by atoms with Gasteiger partial charge in [-0.2, -0.15) is 0 Å². The molecule has 1 aromatic carbocycles. The van der Waals surface area contributed by atoms with Crippen LogP contribution in [0.1, 0.15) is 32.3 Å². The Kier molecular flexibility index (Phi) is 5.61. The summed E-state index contributed by atoms with van der Waals surface area (Å²) in [7, 11) is 0. The van der Waals surface area contributed by atoms with Crippen LogP contribution in [0.15, 0.2) is 24.3 Å². The molecule has 1 aliphatic carbocycles. The summed E-state index contributed by atoms with van der Waals surface area (Å²) >= 11 is 0. The molecule has 0 aromatic heterocycles. The third-order valence-corrected chi connectivity index (χ3v) is 4.47. The average molecular weight is 333 g/mol. The zero-order chi connectivity index (χ0) is 16.9. The predicted octanol–water partition coefficient (Wildman–Crippen LogP) is 3.26. The number of carbonyl (C=O) groups excluding carboxylic acids is 1. The van der Waals surface area contributed by atoms with E-state index in [0.717, 1.165) is 31.3 Å². The Hall–Kier alpha value is -1.75. The number of hydrogen-bond donors (Lipinski definition) is 0. The summed E-state index contributed by atoms with van der Waals surface area (Å²) in [5, 5.41) is 0. The van der Waals surface area contributed by atoms with Crippen LogP contribution in [0.5, 0.6) is 5.75 Å². The van der Waals surface area contributed by atoms with Crippen LogP contribution in [0, 0.1) is 5.92 Å². The lowest BCUT2D eigenvalue weighted by Gasteiger charge is -2.16. The molecule has 1 saturated heterocycles. The molecule has 1 amide bonds. The number of nitrogens with zero attached hydrogens (tertiary/aromatic N) is 1. The van der Waals surface area contributed by atoms with Crippen molar-refractivity contribution < 1.29 is 19.0 Å². The van der Waals surface area contributed by atoms with E-state index < -0.39 is 0 Å². The molecule has 5 nitrogen and oxygen atoms in total. The van der Waals surface area contributed by atoms with E-state index in [9.17, 15) is 4.79 Å². The fraction of sp³-hybridized carbons (Fsp3) is 0.632. The first-order chi connectivity index (χ1) is 11.6. The van der Waals surface area contributed by atoms with Crippen molar-refractivity contribution >= 4 is 6.09 Å². The molecule has 1 unspecified atom stereocenters. The van der Waals surface area contributed by atoms with Gasteiger partial charge in [0.25, 0.3) is 0 Å². The summed E-state index contributed by atoms with van der Waals surface area (Å²) in [6.07, 6.45) is 3.14. The molecule has 24 heavy (non-hydrogen) atoms. The molecule has 1 saturated carbocycles. The fourth-order valence-corrected chi connectivity index (χ4v) is 2.72. The van der Waals surface area contributed by atoms with Gasteiger partial charge in [-0.05, 0) is 56.7 Å². The molecule has 0 N–H and O–H groups in total. The minimum absolute atomic E-state index is 0.156. The zero-order valence-electron chi connectivity index (χ0n) is 14.6. The molecular formula is C19H27NO4. The summed E-state index contributed by atoms with van der Waals surface area (Å²) in [5.41, 5.74) is 1.25. The highest BCUT2D eigenvalue weighted by atomic mass is 16.6. The van der Waals surface area contributed by atoms with Crippen molar-refractivity contribution in [2.45, 2.75) is 45.3 Å². The second kappa shape index (κ2) is 7.88. The molecule has 1 aromatic rings. The van der Waals surface area contributed by atoms with E-state index in [1.807, 2.05) is 26.0 Å². The van der Waals surface area contributed by atoms with Gasteiger partial charge >= 0.3 is 6.09 Å². The highest BCUT2D eigenvalue weighted by Gasteiger charge is 2.33. The van der Waals surface area contributed by atoms with Gasteiger partial charge in [-0.1, -0.05) is 12.1 Å². The Morgan fingerprint density at radius 3 is 2.58 bits per heavy atom. The largest absolute Gasteiger partial charge is 0.490 e. The molecule has 1 heterocycles. The van der Waals surface area contributed by atoms with E-state index >= 15 is 0 Å². The van der Waals surface area contributed by atoms with Gasteiger partial charge in [-0.15, -0.1) is 0 Å². The maximum atomic E-state index is 11.7. The Morgan fingerprint density at radius 2 is 1.96 bits per heavy atom. The summed E-state index contributed by atoms with van der Waals surface area (Å²) in [4.78, 5) is 13.4. The third kappa shape index (κ3) is 4.87. The third-order valence-electron chi connectivity index (χ3n) is 4.47. The minimum atomic E-state index is -0.250. The molecule has 0 radical (unpaired) electrons. The zero-order valence-corrected chi connectivity index (χ0v) is 14.6. The normalized spacial score (nSPS) is 20.5. The molecule has 132 valence electrons. The minimum Gasteiger partial charge on any atom is -0.490 e. The number of amides is 1. The predicted molar refractivity (Wildman–Crippen MR) is 91.3 cm³/mol. The Balaban J connectivity index is 1.37. The van der Waals surface area contributed by atoms with Crippen LogP contribution in [0.25, 0.3) is 0 Å². The monoisotopic (exact) mass is 333 g/mol. The van der Waals surface area contributed by atoms with E-state index in [1.165, 1.54) is 18.4 Å². The molecule has 1 atom stereocenters. The summed E-state index contributed by atoms with van der Waals surface area (Å²) in [5.74, 6) is 1.62. The lowest BCUT2D eigenvalue weighted by Crippen LogP contribution is -2.32. The second-order valence-electron chi connectivity index (χ2n) is 6.98. The summed E-state index contributed by atoms with van der Waals surface area (Å²) in [6.45, 7) is 6.63. The second-order valence-corrected chi connectivity index (χ2v) is 6.98. The molecular weight excluding hydrogens is 306 g/mol. The van der Waals surface area contributed by atoms with Crippen molar-refractivity contribution in [3.05, 3.63) is 29.8 Å². The van der Waals surface area contributed by atoms with Gasteiger partial charge in [-0.25, -0.2) is 4.79 Å². The Labute approximate surface area is 143 Å². The van der Waals surface area contributed by atoms with Crippen molar-refractivity contribution in [1.82, 2.24) is 4.90 Å². The Morgan fingerprint density at radius 1 is 1.21 bits per heavy atom. The lowest BCUT2D eigenvalue weighted by atomic mass is 10.1. The number of rotatable bonds is 9. The van der Waals surface area contributed by atoms with Crippen LogP contribution in [0.3, 0.4) is 0 Å². The average Bonchev–Trinajstić information content (AvgIpc) is 3.31. The molecule has 2 fully saturated rings. The van der Waals surface area contributed by atoms with Crippen LogP contribution in [-0.2, 0) is 15.9 Å². The van der Waals surface area contributed by atoms with Crippen molar-refractivity contribution in [3.8, 4) is 5.75 Å². The topological polar surface area (TPSA) is 48.0 Å². The van der Waals surface area contributed by atoms with E-state index in [-0.39, 0.29) is 18.2 Å². The SMILES string of the molecule is CC(C)N1CC(COc2ccc(CCOCC3CC3)cc2)OC1=O. The molecule has 1 aliphatic heterocycles. The highest BCUT2D eigenvalue weighted by Crippen LogP contribution is 2.28. The van der Waals surface area contributed by atoms with Crippen LogP contribution in [-0.4, -0.2) is 49.5 Å². The first-order valence-electron chi connectivity index (χ1n) is 8.88. The molecule has 3 rings (SSSR count). The van der Waals surface area contributed by atoms with Crippen molar-refractivity contribution in [2.75, 3.05) is 26.4 Å².